The minimum absolute atomic E-state index is 0.0824. The van der Waals surface area contributed by atoms with Gasteiger partial charge in [-0.15, -0.1) is 0 Å². The summed E-state index contributed by atoms with van der Waals surface area (Å²) in [5.41, 5.74) is 2.00. The van der Waals surface area contributed by atoms with E-state index in [1.54, 1.807) is 0 Å². The number of rotatable bonds is 2. The van der Waals surface area contributed by atoms with Crippen LogP contribution < -0.4 is 10.6 Å². The van der Waals surface area contributed by atoms with Gasteiger partial charge in [0, 0.05) is 16.7 Å². The van der Waals surface area contributed by atoms with Gasteiger partial charge < -0.3 is 10.6 Å². The minimum Gasteiger partial charge on any atom is -0.326 e. The molecular weight excluding hydrogens is 280 g/mol. The Hall–Kier alpha value is -0.870. The standard InChI is InChI=1S/C13H17BrN2O/c1-8-5-10(3-4-12(8)14)16-13(17)11-7-15-6-9(11)2/h3-5,9,11,15H,6-7H2,1-2H3,(H,16,17)/t9-,11-/m1/s1. The van der Waals surface area contributed by atoms with Crippen molar-refractivity contribution < 1.29 is 4.79 Å². The lowest BCUT2D eigenvalue weighted by Crippen LogP contribution is -2.27. The predicted molar refractivity (Wildman–Crippen MR) is 73.0 cm³/mol. The van der Waals surface area contributed by atoms with Crippen molar-refractivity contribution in [1.29, 1.82) is 0 Å². The molecule has 0 radical (unpaired) electrons. The Bertz CT molecular complexity index is 433. The third-order valence-electron chi connectivity index (χ3n) is 3.28. The Balaban J connectivity index is 2.05. The van der Waals surface area contributed by atoms with Gasteiger partial charge in [-0.1, -0.05) is 22.9 Å². The first-order valence-corrected chi connectivity index (χ1v) is 6.65. The summed E-state index contributed by atoms with van der Waals surface area (Å²) in [5.74, 6) is 0.606. The quantitative estimate of drug-likeness (QED) is 0.881. The Kier molecular flexibility index (Phi) is 3.84. The Labute approximate surface area is 110 Å². The number of carbonyl (C=O) groups is 1. The molecule has 1 fully saturated rings. The molecule has 1 saturated heterocycles. The molecule has 2 rings (SSSR count). The lowest BCUT2D eigenvalue weighted by molar-refractivity contribution is -0.120. The van der Waals surface area contributed by atoms with Gasteiger partial charge in [-0.2, -0.15) is 0 Å². The molecule has 1 aromatic carbocycles. The van der Waals surface area contributed by atoms with Crippen LogP contribution in [-0.4, -0.2) is 19.0 Å². The normalized spacial score (nSPS) is 23.7. The van der Waals surface area contributed by atoms with E-state index in [-0.39, 0.29) is 11.8 Å². The minimum atomic E-state index is 0.0824. The lowest BCUT2D eigenvalue weighted by Gasteiger charge is -2.14. The molecule has 0 unspecified atom stereocenters. The number of anilines is 1. The molecule has 0 aliphatic carbocycles. The maximum atomic E-state index is 12.1. The van der Waals surface area contributed by atoms with E-state index in [0.29, 0.717) is 5.92 Å². The molecule has 1 amide bonds. The zero-order valence-electron chi connectivity index (χ0n) is 10.1. The Morgan fingerprint density at radius 1 is 1.47 bits per heavy atom. The van der Waals surface area contributed by atoms with Crippen molar-refractivity contribution in [2.45, 2.75) is 13.8 Å². The topological polar surface area (TPSA) is 41.1 Å². The molecular formula is C13H17BrN2O. The molecule has 1 aliphatic heterocycles. The SMILES string of the molecule is Cc1cc(NC(=O)[C@@H]2CNC[C@H]2C)ccc1Br. The first-order chi connectivity index (χ1) is 8.08. The van der Waals surface area contributed by atoms with Crippen LogP contribution in [0.2, 0.25) is 0 Å². The molecule has 1 heterocycles. The van der Waals surface area contributed by atoms with E-state index in [0.717, 1.165) is 28.8 Å². The molecule has 0 bridgehead atoms. The monoisotopic (exact) mass is 296 g/mol. The van der Waals surface area contributed by atoms with E-state index in [1.165, 1.54) is 0 Å². The van der Waals surface area contributed by atoms with Crippen molar-refractivity contribution in [3.8, 4) is 0 Å². The number of hydrogen-bond donors (Lipinski definition) is 2. The van der Waals surface area contributed by atoms with Crippen LogP contribution in [0, 0.1) is 18.8 Å². The molecule has 2 N–H and O–H groups in total. The summed E-state index contributed by atoms with van der Waals surface area (Å²) in [5, 5.41) is 6.22. The highest BCUT2D eigenvalue weighted by atomic mass is 79.9. The molecule has 0 spiro atoms. The van der Waals surface area contributed by atoms with Crippen LogP contribution in [0.5, 0.6) is 0 Å². The van der Waals surface area contributed by atoms with Gasteiger partial charge in [0.05, 0.1) is 5.92 Å². The number of hydrogen-bond acceptors (Lipinski definition) is 2. The second kappa shape index (κ2) is 5.19. The van der Waals surface area contributed by atoms with E-state index in [2.05, 4.69) is 33.5 Å². The zero-order chi connectivity index (χ0) is 12.4. The summed E-state index contributed by atoms with van der Waals surface area (Å²) in [7, 11) is 0. The predicted octanol–water partition coefficient (Wildman–Crippen LogP) is 2.55. The van der Waals surface area contributed by atoms with Gasteiger partial charge in [-0.25, -0.2) is 0 Å². The van der Waals surface area contributed by atoms with Gasteiger partial charge in [-0.05, 0) is 43.1 Å². The molecule has 2 atom stereocenters. The summed E-state index contributed by atoms with van der Waals surface area (Å²) >= 11 is 3.45. The third kappa shape index (κ3) is 2.87. The van der Waals surface area contributed by atoms with Gasteiger partial charge in [0.25, 0.3) is 0 Å². The summed E-state index contributed by atoms with van der Waals surface area (Å²) in [6, 6.07) is 5.86. The van der Waals surface area contributed by atoms with Crippen molar-refractivity contribution in [3.63, 3.8) is 0 Å². The summed E-state index contributed by atoms with van der Waals surface area (Å²) in [6.07, 6.45) is 0. The number of amides is 1. The average molecular weight is 297 g/mol. The van der Waals surface area contributed by atoms with E-state index < -0.39 is 0 Å². The molecule has 1 aromatic rings. The molecule has 0 saturated carbocycles. The zero-order valence-corrected chi connectivity index (χ0v) is 11.7. The highest BCUT2D eigenvalue weighted by molar-refractivity contribution is 9.10. The van der Waals surface area contributed by atoms with E-state index >= 15 is 0 Å². The van der Waals surface area contributed by atoms with Crippen molar-refractivity contribution in [2.24, 2.45) is 11.8 Å². The number of aryl methyl sites for hydroxylation is 1. The molecule has 3 nitrogen and oxygen atoms in total. The fraction of sp³-hybridized carbons (Fsp3) is 0.462. The highest BCUT2D eigenvalue weighted by Crippen LogP contribution is 2.22. The number of carbonyl (C=O) groups excluding carboxylic acids is 1. The van der Waals surface area contributed by atoms with Gasteiger partial charge in [0.1, 0.15) is 0 Å². The fourth-order valence-corrected chi connectivity index (χ4v) is 2.37. The number of halogens is 1. The van der Waals surface area contributed by atoms with Crippen LogP contribution in [-0.2, 0) is 4.79 Å². The molecule has 92 valence electrons. The average Bonchev–Trinajstić information content (AvgIpc) is 2.70. The highest BCUT2D eigenvalue weighted by Gasteiger charge is 2.29. The van der Waals surface area contributed by atoms with Crippen LogP contribution in [0.15, 0.2) is 22.7 Å². The van der Waals surface area contributed by atoms with Gasteiger partial charge in [0.2, 0.25) is 5.91 Å². The number of nitrogens with one attached hydrogen (secondary N) is 2. The van der Waals surface area contributed by atoms with Crippen LogP contribution in [0.25, 0.3) is 0 Å². The maximum Gasteiger partial charge on any atom is 0.229 e. The van der Waals surface area contributed by atoms with Gasteiger partial charge in [-0.3, -0.25) is 4.79 Å². The van der Waals surface area contributed by atoms with E-state index in [9.17, 15) is 4.79 Å². The maximum absolute atomic E-state index is 12.1. The molecule has 17 heavy (non-hydrogen) atoms. The first kappa shape index (κ1) is 12.6. The second-order valence-electron chi connectivity index (χ2n) is 4.70. The van der Waals surface area contributed by atoms with Crippen molar-refractivity contribution in [1.82, 2.24) is 5.32 Å². The summed E-state index contributed by atoms with van der Waals surface area (Å²) < 4.78 is 1.06. The number of benzene rings is 1. The molecule has 0 aromatic heterocycles. The van der Waals surface area contributed by atoms with Crippen LogP contribution in [0.4, 0.5) is 5.69 Å². The Morgan fingerprint density at radius 2 is 2.24 bits per heavy atom. The van der Waals surface area contributed by atoms with E-state index in [4.69, 9.17) is 0 Å². The molecule has 1 aliphatic rings. The largest absolute Gasteiger partial charge is 0.326 e. The smallest absolute Gasteiger partial charge is 0.229 e. The second-order valence-corrected chi connectivity index (χ2v) is 5.55. The molecule has 4 heteroatoms. The van der Waals surface area contributed by atoms with Gasteiger partial charge in [0.15, 0.2) is 0 Å². The van der Waals surface area contributed by atoms with E-state index in [1.807, 2.05) is 25.1 Å². The summed E-state index contributed by atoms with van der Waals surface area (Å²) in [4.78, 5) is 12.1. The van der Waals surface area contributed by atoms with Crippen molar-refractivity contribution >= 4 is 27.5 Å². The van der Waals surface area contributed by atoms with Crippen molar-refractivity contribution in [3.05, 3.63) is 28.2 Å². The van der Waals surface area contributed by atoms with Gasteiger partial charge >= 0.3 is 0 Å². The third-order valence-corrected chi connectivity index (χ3v) is 4.17. The van der Waals surface area contributed by atoms with Crippen molar-refractivity contribution in [2.75, 3.05) is 18.4 Å². The fourth-order valence-electron chi connectivity index (χ4n) is 2.12. The summed E-state index contributed by atoms with van der Waals surface area (Å²) in [6.45, 7) is 5.83. The van der Waals surface area contributed by atoms with Crippen LogP contribution in [0.3, 0.4) is 0 Å². The lowest BCUT2D eigenvalue weighted by atomic mass is 9.97. The van der Waals surface area contributed by atoms with Crippen LogP contribution >= 0.6 is 15.9 Å². The first-order valence-electron chi connectivity index (χ1n) is 5.85. The van der Waals surface area contributed by atoms with Crippen LogP contribution in [0.1, 0.15) is 12.5 Å². The Morgan fingerprint density at radius 3 is 2.82 bits per heavy atom.